The van der Waals surface area contributed by atoms with Gasteiger partial charge in [-0.3, -0.25) is 14.6 Å². The molecule has 5 rings (SSSR count). The minimum Gasteiger partial charge on any atom is -0.369 e. The van der Waals surface area contributed by atoms with Gasteiger partial charge in [0.05, 0.1) is 11.4 Å². The third-order valence-corrected chi connectivity index (χ3v) is 7.98. The lowest BCUT2D eigenvalue weighted by Gasteiger charge is -2.34. The van der Waals surface area contributed by atoms with Gasteiger partial charge in [0, 0.05) is 57.0 Å². The van der Waals surface area contributed by atoms with Gasteiger partial charge < -0.3 is 20.9 Å². The van der Waals surface area contributed by atoms with E-state index < -0.39 is 0 Å². The first-order chi connectivity index (χ1) is 18.0. The molecule has 1 aromatic carbocycles. The molecule has 2 atom stereocenters. The van der Waals surface area contributed by atoms with Crippen molar-refractivity contribution < 1.29 is 9.59 Å². The van der Waals surface area contributed by atoms with E-state index in [1.807, 2.05) is 17.0 Å². The third-order valence-electron chi connectivity index (χ3n) is 7.98. The molecule has 198 valence electrons. The number of benzene rings is 1. The summed E-state index contributed by atoms with van der Waals surface area (Å²) in [5.74, 6) is 2.26. The van der Waals surface area contributed by atoms with Crippen molar-refractivity contribution in [1.29, 1.82) is 0 Å². The number of rotatable bonds is 6. The number of hydrogen-bond donors (Lipinski definition) is 3. The Morgan fingerprint density at radius 3 is 2.46 bits per heavy atom. The van der Waals surface area contributed by atoms with Crippen LogP contribution in [-0.4, -0.2) is 70.8 Å². The second-order valence-electron chi connectivity index (χ2n) is 10.8. The van der Waals surface area contributed by atoms with Crippen LogP contribution in [-0.2, 0) is 4.79 Å². The number of likely N-dealkylation sites (tertiary alicyclic amines) is 1. The number of carbonyl (C=O) groups excluding carboxylic acids is 2. The van der Waals surface area contributed by atoms with Crippen molar-refractivity contribution in [2.24, 2.45) is 10.9 Å². The van der Waals surface area contributed by atoms with Crippen molar-refractivity contribution in [2.75, 3.05) is 31.5 Å². The molecule has 1 saturated carbocycles. The maximum absolute atomic E-state index is 13.2. The zero-order chi connectivity index (χ0) is 25.8. The Morgan fingerprint density at radius 2 is 1.76 bits per heavy atom. The average Bonchev–Trinajstić information content (AvgIpc) is 3.42. The summed E-state index contributed by atoms with van der Waals surface area (Å²) in [5, 5.41) is 11.4. The van der Waals surface area contributed by atoms with Gasteiger partial charge in [0.25, 0.3) is 5.91 Å². The predicted molar refractivity (Wildman–Crippen MR) is 146 cm³/mol. The first-order valence-electron chi connectivity index (χ1n) is 13.8. The van der Waals surface area contributed by atoms with Crippen LogP contribution in [0.2, 0.25) is 0 Å². The van der Waals surface area contributed by atoms with Crippen LogP contribution < -0.4 is 16.0 Å². The van der Waals surface area contributed by atoms with Crippen molar-refractivity contribution in [3.63, 3.8) is 0 Å². The Morgan fingerprint density at radius 1 is 1.00 bits per heavy atom. The van der Waals surface area contributed by atoms with Crippen LogP contribution in [0.15, 0.2) is 23.2 Å². The summed E-state index contributed by atoms with van der Waals surface area (Å²) < 4.78 is 0. The fourth-order valence-electron chi connectivity index (χ4n) is 5.75. The molecule has 0 radical (unpaired) electrons. The molecule has 1 saturated heterocycles. The smallest absolute Gasteiger partial charge is 0.289 e. The standard InChI is InChI=1S/C28H39N7O2/c1-18-9-10-22-21(16-18)26(33-24-7-4-3-6-23(24)31-25-8-5-13-29-25)34-27(32-22)28(37)30-17-20-11-14-35(15-12-20)19(2)36/h9-10,16,20,23-24H,3-8,11-15,17H2,1-2H3,(H,29,31)(H,30,37)(H,32,33,34)/t23-,24+/m1/s1. The highest BCUT2D eigenvalue weighted by Gasteiger charge is 2.28. The van der Waals surface area contributed by atoms with Crippen LogP contribution >= 0.6 is 0 Å². The number of carbonyl (C=O) groups is 2. The second-order valence-corrected chi connectivity index (χ2v) is 10.8. The molecular weight excluding hydrogens is 466 g/mol. The van der Waals surface area contributed by atoms with E-state index in [4.69, 9.17) is 4.98 Å². The van der Waals surface area contributed by atoms with Gasteiger partial charge in [0.15, 0.2) is 0 Å². The van der Waals surface area contributed by atoms with Gasteiger partial charge in [-0.1, -0.05) is 24.5 Å². The molecule has 0 bridgehead atoms. The van der Waals surface area contributed by atoms with Gasteiger partial charge in [0.2, 0.25) is 11.7 Å². The minimum atomic E-state index is -0.252. The Hall–Kier alpha value is -3.23. The number of fused-ring (bicyclic) bond motifs is 1. The molecule has 2 fully saturated rings. The topological polar surface area (TPSA) is 112 Å². The van der Waals surface area contributed by atoms with Gasteiger partial charge in [-0.05, 0) is 57.1 Å². The number of hydrogen-bond acceptors (Lipinski definition) is 7. The van der Waals surface area contributed by atoms with E-state index in [9.17, 15) is 9.59 Å². The number of nitrogens with one attached hydrogen (secondary N) is 3. The molecule has 9 heteroatoms. The highest BCUT2D eigenvalue weighted by atomic mass is 16.2. The highest BCUT2D eigenvalue weighted by molar-refractivity contribution is 5.96. The molecule has 1 aliphatic carbocycles. The van der Waals surface area contributed by atoms with E-state index >= 15 is 0 Å². The number of amides is 2. The lowest BCUT2D eigenvalue weighted by atomic mass is 9.90. The molecular formula is C28H39N7O2. The van der Waals surface area contributed by atoms with Crippen molar-refractivity contribution in [3.05, 3.63) is 29.6 Å². The molecule has 1 aromatic heterocycles. The van der Waals surface area contributed by atoms with Crippen LogP contribution in [0, 0.1) is 12.8 Å². The lowest BCUT2D eigenvalue weighted by molar-refractivity contribution is -0.130. The van der Waals surface area contributed by atoms with E-state index in [0.717, 1.165) is 86.3 Å². The van der Waals surface area contributed by atoms with Crippen molar-refractivity contribution in [3.8, 4) is 0 Å². The molecule has 9 nitrogen and oxygen atoms in total. The van der Waals surface area contributed by atoms with Crippen LogP contribution in [0.1, 0.15) is 74.5 Å². The van der Waals surface area contributed by atoms with Crippen LogP contribution in [0.4, 0.5) is 5.82 Å². The zero-order valence-electron chi connectivity index (χ0n) is 22.1. The summed E-state index contributed by atoms with van der Waals surface area (Å²) >= 11 is 0. The molecule has 2 aromatic rings. The Kier molecular flexibility index (Phi) is 7.86. The van der Waals surface area contributed by atoms with E-state index in [-0.39, 0.29) is 23.7 Å². The number of nitrogens with zero attached hydrogens (tertiary/aromatic N) is 4. The van der Waals surface area contributed by atoms with Crippen LogP contribution in [0.25, 0.3) is 10.9 Å². The summed E-state index contributed by atoms with van der Waals surface area (Å²) in [7, 11) is 0. The molecule has 3 heterocycles. The number of aryl methyl sites for hydroxylation is 1. The Labute approximate surface area is 218 Å². The number of piperidine rings is 1. The fraction of sp³-hybridized carbons (Fsp3) is 0.607. The summed E-state index contributed by atoms with van der Waals surface area (Å²) in [4.78, 5) is 40.6. The van der Waals surface area contributed by atoms with Gasteiger partial charge in [-0.15, -0.1) is 0 Å². The van der Waals surface area contributed by atoms with Gasteiger partial charge in [-0.25, -0.2) is 9.97 Å². The maximum atomic E-state index is 13.2. The Bertz CT molecular complexity index is 1170. The number of anilines is 1. The SMILES string of the molecule is CC(=O)N1CCC(CNC(=O)c2nc(N[C@H]3CCCC[C@H]3NC3=NCCC3)c3cc(C)ccc3n2)CC1. The third kappa shape index (κ3) is 6.19. The number of amidine groups is 1. The number of aliphatic imine (C=N–C) groups is 1. The fourth-order valence-corrected chi connectivity index (χ4v) is 5.75. The van der Waals surface area contributed by atoms with E-state index in [1.165, 1.54) is 12.8 Å². The minimum absolute atomic E-state index is 0.119. The monoisotopic (exact) mass is 505 g/mol. The summed E-state index contributed by atoms with van der Waals surface area (Å²) in [6.07, 6.45) is 8.44. The molecule has 2 amide bonds. The molecule has 2 aliphatic heterocycles. The van der Waals surface area contributed by atoms with E-state index in [2.05, 4.69) is 38.9 Å². The lowest BCUT2D eigenvalue weighted by Crippen LogP contribution is -2.48. The van der Waals surface area contributed by atoms with Gasteiger partial charge in [-0.2, -0.15) is 0 Å². The van der Waals surface area contributed by atoms with Crippen molar-refractivity contribution >= 4 is 34.4 Å². The molecule has 3 aliphatic rings. The predicted octanol–water partition coefficient (Wildman–Crippen LogP) is 3.43. The van der Waals surface area contributed by atoms with Gasteiger partial charge >= 0.3 is 0 Å². The van der Waals surface area contributed by atoms with Crippen LogP contribution in [0.3, 0.4) is 0 Å². The molecule has 3 N–H and O–H groups in total. The second kappa shape index (κ2) is 11.4. The quantitative estimate of drug-likeness (QED) is 0.555. The first-order valence-corrected chi connectivity index (χ1v) is 13.8. The zero-order valence-corrected chi connectivity index (χ0v) is 22.1. The maximum Gasteiger partial charge on any atom is 0.289 e. The molecule has 0 spiro atoms. The molecule has 0 unspecified atom stereocenters. The summed E-state index contributed by atoms with van der Waals surface area (Å²) in [6, 6.07) is 6.58. The first kappa shape index (κ1) is 25.4. The largest absolute Gasteiger partial charge is 0.369 e. The highest BCUT2D eigenvalue weighted by Crippen LogP contribution is 2.27. The Balaban J connectivity index is 1.31. The van der Waals surface area contributed by atoms with Crippen LogP contribution in [0.5, 0.6) is 0 Å². The summed E-state index contributed by atoms with van der Waals surface area (Å²) in [5.41, 5.74) is 1.90. The van der Waals surface area contributed by atoms with Crippen molar-refractivity contribution in [1.82, 2.24) is 25.5 Å². The molecule has 37 heavy (non-hydrogen) atoms. The van der Waals surface area contributed by atoms with Crippen molar-refractivity contribution in [2.45, 2.75) is 77.3 Å². The van der Waals surface area contributed by atoms with E-state index in [0.29, 0.717) is 18.5 Å². The normalized spacial score (nSPS) is 22.5. The van der Waals surface area contributed by atoms with E-state index in [1.54, 1.807) is 6.92 Å². The number of aromatic nitrogens is 2. The van der Waals surface area contributed by atoms with Gasteiger partial charge in [0.1, 0.15) is 5.82 Å². The summed E-state index contributed by atoms with van der Waals surface area (Å²) in [6.45, 7) is 6.65. The average molecular weight is 506 g/mol.